The van der Waals surface area contributed by atoms with E-state index in [0.29, 0.717) is 13.0 Å². The van der Waals surface area contributed by atoms with Crippen LogP contribution in [0, 0.1) is 11.8 Å². The SMILES string of the molecule is CB1CC(C)C(C)C(C)O1.CB1OC(C)C(C)O1. The first-order valence-corrected chi connectivity index (χ1v) is 7.27. The molecule has 0 N–H and O–H groups in total. The smallest absolute Gasteiger partial charge is 0.434 e. The molecule has 5 atom stereocenters. The quantitative estimate of drug-likeness (QED) is 0.621. The zero-order valence-corrected chi connectivity index (χ0v) is 13.0. The lowest BCUT2D eigenvalue weighted by Crippen LogP contribution is -2.37. The van der Waals surface area contributed by atoms with Crippen LogP contribution in [0.25, 0.3) is 0 Å². The summed E-state index contributed by atoms with van der Waals surface area (Å²) in [5.41, 5.74) is 0. The fraction of sp³-hybridized carbons (Fsp3) is 1.00. The van der Waals surface area contributed by atoms with E-state index in [1.807, 2.05) is 20.7 Å². The fourth-order valence-corrected chi connectivity index (χ4v) is 2.60. The van der Waals surface area contributed by atoms with Crippen molar-refractivity contribution < 1.29 is 14.0 Å². The van der Waals surface area contributed by atoms with Crippen molar-refractivity contribution in [3.63, 3.8) is 0 Å². The van der Waals surface area contributed by atoms with Gasteiger partial charge in [-0.3, -0.25) is 0 Å². The van der Waals surface area contributed by atoms with Crippen LogP contribution in [-0.4, -0.2) is 32.3 Å². The van der Waals surface area contributed by atoms with Gasteiger partial charge in [0.1, 0.15) is 0 Å². The molecule has 0 spiro atoms. The Kier molecular flexibility index (Phi) is 6.22. The Morgan fingerprint density at radius 3 is 1.61 bits per heavy atom. The lowest BCUT2D eigenvalue weighted by Gasteiger charge is -2.34. The van der Waals surface area contributed by atoms with Gasteiger partial charge in [-0.2, -0.15) is 0 Å². The predicted molar refractivity (Wildman–Crippen MR) is 78.0 cm³/mol. The average Bonchev–Trinajstić information content (AvgIpc) is 2.53. The predicted octanol–water partition coefficient (Wildman–Crippen LogP) is 3.23. The first-order valence-electron chi connectivity index (χ1n) is 7.27. The molecule has 3 nitrogen and oxygen atoms in total. The molecule has 0 aliphatic carbocycles. The van der Waals surface area contributed by atoms with Gasteiger partial charge in [0, 0.05) is 6.10 Å². The molecule has 2 heterocycles. The largest absolute Gasteiger partial charge is 0.454 e. The maximum Gasteiger partial charge on any atom is 0.454 e. The van der Waals surface area contributed by atoms with Crippen LogP contribution in [0.15, 0.2) is 0 Å². The Balaban J connectivity index is 0.000000184. The summed E-state index contributed by atoms with van der Waals surface area (Å²) >= 11 is 0. The van der Waals surface area contributed by atoms with Crippen LogP contribution in [0.3, 0.4) is 0 Å². The molecule has 2 rings (SSSR count). The molecule has 0 bridgehead atoms. The molecule has 5 unspecified atom stereocenters. The van der Waals surface area contributed by atoms with E-state index in [4.69, 9.17) is 14.0 Å². The molecule has 2 saturated heterocycles. The summed E-state index contributed by atoms with van der Waals surface area (Å²) in [5, 5.41) is 0. The number of hydrogen-bond donors (Lipinski definition) is 0. The highest BCUT2D eigenvalue weighted by Crippen LogP contribution is 2.28. The summed E-state index contributed by atoms with van der Waals surface area (Å²) in [7, 11) is -0.000000000000000222. The van der Waals surface area contributed by atoms with Gasteiger partial charge in [0.25, 0.3) is 6.92 Å². The second kappa shape index (κ2) is 6.97. The third-order valence-corrected chi connectivity index (χ3v) is 4.26. The van der Waals surface area contributed by atoms with Crippen molar-refractivity contribution in [3.05, 3.63) is 0 Å². The van der Waals surface area contributed by atoms with Gasteiger partial charge in [-0.25, -0.2) is 0 Å². The van der Waals surface area contributed by atoms with Crippen molar-refractivity contribution in [3.8, 4) is 0 Å². The first kappa shape index (κ1) is 16.1. The Bertz CT molecular complexity index is 230. The standard InChI is InChI=1S/C8H17BO.C5H11BO2/c1-6-5-9(4)10-8(3)7(6)2;1-4-5(2)8-6(3)7-4/h6-8H,5H2,1-4H3;4-5H,1-3H3. The Morgan fingerprint density at radius 2 is 1.28 bits per heavy atom. The first-order chi connectivity index (χ1) is 8.31. The summed E-state index contributed by atoms with van der Waals surface area (Å²) in [5.74, 6) is 1.56. The summed E-state index contributed by atoms with van der Waals surface area (Å²) in [6.45, 7) is 15.4. The van der Waals surface area contributed by atoms with Gasteiger partial charge < -0.3 is 14.0 Å². The van der Waals surface area contributed by atoms with Crippen molar-refractivity contribution >= 4 is 14.0 Å². The molecular formula is C13H28B2O3. The van der Waals surface area contributed by atoms with Crippen molar-refractivity contribution in [1.82, 2.24) is 0 Å². The van der Waals surface area contributed by atoms with Crippen molar-refractivity contribution in [2.24, 2.45) is 11.8 Å². The summed E-state index contributed by atoms with van der Waals surface area (Å²) in [6.07, 6.45) is 2.22. The van der Waals surface area contributed by atoms with Gasteiger partial charge >= 0.3 is 7.12 Å². The fourth-order valence-electron chi connectivity index (χ4n) is 2.60. The van der Waals surface area contributed by atoms with Crippen LogP contribution in [0.2, 0.25) is 20.0 Å². The second-order valence-electron chi connectivity index (χ2n) is 5.97. The Morgan fingerprint density at radius 1 is 0.778 bits per heavy atom. The van der Waals surface area contributed by atoms with Gasteiger partial charge in [-0.05, 0) is 45.8 Å². The monoisotopic (exact) mass is 254 g/mol. The van der Waals surface area contributed by atoms with Gasteiger partial charge in [0.2, 0.25) is 0 Å². The third-order valence-electron chi connectivity index (χ3n) is 4.26. The molecule has 5 heteroatoms. The van der Waals surface area contributed by atoms with E-state index in [9.17, 15) is 0 Å². The Labute approximate surface area is 113 Å². The van der Waals surface area contributed by atoms with Crippen molar-refractivity contribution in [2.75, 3.05) is 0 Å². The minimum atomic E-state index is -0.000000000000000222. The van der Waals surface area contributed by atoms with Crippen LogP contribution in [0.5, 0.6) is 0 Å². The number of rotatable bonds is 0. The molecular weight excluding hydrogens is 226 g/mol. The van der Waals surface area contributed by atoms with Gasteiger partial charge in [0.15, 0.2) is 0 Å². The molecule has 2 aliphatic heterocycles. The van der Waals surface area contributed by atoms with E-state index < -0.39 is 0 Å². The molecule has 0 radical (unpaired) electrons. The summed E-state index contributed by atoms with van der Waals surface area (Å²) in [4.78, 5) is 0. The molecule has 0 aromatic heterocycles. The molecule has 0 amide bonds. The van der Waals surface area contributed by atoms with Gasteiger partial charge in [0.05, 0.1) is 12.2 Å². The van der Waals surface area contributed by atoms with E-state index in [2.05, 4.69) is 27.6 Å². The lowest BCUT2D eigenvalue weighted by atomic mass is 9.58. The lowest BCUT2D eigenvalue weighted by molar-refractivity contribution is 0.104. The van der Waals surface area contributed by atoms with Crippen LogP contribution in [0.4, 0.5) is 0 Å². The molecule has 2 aliphatic rings. The van der Waals surface area contributed by atoms with Crippen LogP contribution < -0.4 is 0 Å². The molecule has 104 valence electrons. The van der Waals surface area contributed by atoms with Crippen molar-refractivity contribution in [2.45, 2.75) is 72.9 Å². The highest BCUT2D eigenvalue weighted by molar-refractivity contribution is 6.50. The highest BCUT2D eigenvalue weighted by atomic mass is 16.6. The van der Waals surface area contributed by atoms with E-state index in [-0.39, 0.29) is 19.3 Å². The minimum Gasteiger partial charge on any atom is -0.434 e. The highest BCUT2D eigenvalue weighted by Gasteiger charge is 2.30. The van der Waals surface area contributed by atoms with E-state index in [1.54, 1.807) is 0 Å². The average molecular weight is 254 g/mol. The van der Waals surface area contributed by atoms with E-state index in [0.717, 1.165) is 11.8 Å². The Hall–Kier alpha value is 0.00987. The zero-order chi connectivity index (χ0) is 13.9. The van der Waals surface area contributed by atoms with Crippen LogP contribution in [-0.2, 0) is 14.0 Å². The second-order valence-corrected chi connectivity index (χ2v) is 5.97. The number of hydrogen-bond acceptors (Lipinski definition) is 3. The van der Waals surface area contributed by atoms with E-state index >= 15 is 0 Å². The van der Waals surface area contributed by atoms with Gasteiger partial charge in [-0.15, -0.1) is 0 Å². The van der Waals surface area contributed by atoms with Gasteiger partial charge in [-0.1, -0.05) is 20.7 Å². The molecule has 0 saturated carbocycles. The molecule has 0 aromatic rings. The molecule has 2 fully saturated rings. The van der Waals surface area contributed by atoms with E-state index in [1.165, 1.54) is 6.32 Å². The maximum atomic E-state index is 5.67. The topological polar surface area (TPSA) is 27.7 Å². The normalized spacial score (nSPS) is 40.5. The third kappa shape index (κ3) is 4.60. The molecule has 0 aromatic carbocycles. The summed E-state index contributed by atoms with van der Waals surface area (Å²) in [6, 6.07) is 0. The van der Waals surface area contributed by atoms with Crippen LogP contribution in [0.1, 0.15) is 34.6 Å². The molecule has 18 heavy (non-hydrogen) atoms. The van der Waals surface area contributed by atoms with Crippen LogP contribution >= 0.6 is 0 Å². The van der Waals surface area contributed by atoms with Crippen molar-refractivity contribution in [1.29, 1.82) is 0 Å². The zero-order valence-electron chi connectivity index (χ0n) is 13.0. The minimum absolute atomic E-state index is 0.000000000000000222. The summed E-state index contributed by atoms with van der Waals surface area (Å²) < 4.78 is 16.2. The maximum absolute atomic E-state index is 5.67.